The van der Waals surface area contributed by atoms with Gasteiger partial charge in [-0.25, -0.2) is 0 Å². The molecule has 2 nitrogen and oxygen atoms in total. The Labute approximate surface area is 104 Å². The number of carbonyl (C=O) groups excluding carboxylic acids is 1. The Kier molecular flexibility index (Phi) is 4.38. The molecule has 1 aromatic carbocycles. The topological polar surface area (TPSA) is 29.1 Å². The molecule has 0 heterocycles. The van der Waals surface area contributed by atoms with E-state index in [0.717, 1.165) is 12.1 Å². The molecular formula is C13H16F3NO. The highest BCUT2D eigenvalue weighted by atomic mass is 19.4. The molecule has 0 radical (unpaired) electrons. The Bertz CT molecular complexity index is 409. The fourth-order valence-electron chi connectivity index (χ4n) is 1.27. The molecule has 0 aromatic heterocycles. The summed E-state index contributed by atoms with van der Waals surface area (Å²) in [5.41, 5.74) is -0.522. The van der Waals surface area contributed by atoms with Gasteiger partial charge in [-0.15, -0.1) is 0 Å². The zero-order valence-electron chi connectivity index (χ0n) is 10.5. The largest absolute Gasteiger partial charge is 0.416 e. The van der Waals surface area contributed by atoms with E-state index in [9.17, 15) is 18.0 Å². The van der Waals surface area contributed by atoms with Crippen LogP contribution in [-0.4, -0.2) is 11.9 Å². The fraction of sp³-hybridized carbons (Fsp3) is 0.462. The van der Waals surface area contributed by atoms with Crippen LogP contribution in [0.1, 0.15) is 36.7 Å². The van der Waals surface area contributed by atoms with E-state index in [-0.39, 0.29) is 23.4 Å². The molecule has 0 aliphatic heterocycles. The van der Waals surface area contributed by atoms with Crippen molar-refractivity contribution >= 4 is 5.91 Å². The Morgan fingerprint density at radius 2 is 1.61 bits per heavy atom. The smallest absolute Gasteiger partial charge is 0.349 e. The van der Waals surface area contributed by atoms with E-state index in [4.69, 9.17) is 0 Å². The van der Waals surface area contributed by atoms with Gasteiger partial charge in [0.15, 0.2) is 0 Å². The lowest BCUT2D eigenvalue weighted by Gasteiger charge is -2.17. The van der Waals surface area contributed by atoms with Crippen molar-refractivity contribution in [1.82, 2.24) is 5.32 Å². The highest BCUT2D eigenvalue weighted by molar-refractivity contribution is 5.94. The lowest BCUT2D eigenvalue weighted by molar-refractivity contribution is -0.137. The highest BCUT2D eigenvalue weighted by Gasteiger charge is 2.30. The van der Waals surface area contributed by atoms with Crippen LogP contribution in [0.4, 0.5) is 13.2 Å². The Morgan fingerprint density at radius 3 is 2.00 bits per heavy atom. The SMILES string of the molecule is CC(C)C(C)NC(=O)c1ccc(C(F)(F)F)cc1. The summed E-state index contributed by atoms with van der Waals surface area (Å²) in [4.78, 5) is 11.7. The van der Waals surface area contributed by atoms with Crippen molar-refractivity contribution in [2.45, 2.75) is 33.0 Å². The summed E-state index contributed by atoms with van der Waals surface area (Å²) in [7, 11) is 0. The Morgan fingerprint density at radius 1 is 1.11 bits per heavy atom. The molecule has 1 aromatic rings. The van der Waals surface area contributed by atoms with Crippen molar-refractivity contribution in [3.05, 3.63) is 35.4 Å². The van der Waals surface area contributed by atoms with Gasteiger partial charge in [0.2, 0.25) is 0 Å². The van der Waals surface area contributed by atoms with E-state index in [1.807, 2.05) is 20.8 Å². The number of amides is 1. The number of benzene rings is 1. The summed E-state index contributed by atoms with van der Waals surface area (Å²) in [6, 6.07) is 4.17. The summed E-state index contributed by atoms with van der Waals surface area (Å²) < 4.78 is 37.0. The molecule has 1 N–H and O–H groups in total. The molecule has 0 fully saturated rings. The maximum Gasteiger partial charge on any atom is 0.416 e. The van der Waals surface area contributed by atoms with Crippen molar-refractivity contribution in [3.63, 3.8) is 0 Å². The monoisotopic (exact) mass is 259 g/mol. The second-order valence-electron chi connectivity index (χ2n) is 4.58. The molecule has 1 amide bonds. The van der Waals surface area contributed by atoms with Gasteiger partial charge in [0, 0.05) is 11.6 Å². The van der Waals surface area contributed by atoms with Gasteiger partial charge in [-0.3, -0.25) is 4.79 Å². The second-order valence-corrected chi connectivity index (χ2v) is 4.58. The van der Waals surface area contributed by atoms with E-state index < -0.39 is 11.7 Å². The average molecular weight is 259 g/mol. The third-order valence-corrected chi connectivity index (χ3v) is 2.83. The van der Waals surface area contributed by atoms with Gasteiger partial charge in [-0.05, 0) is 37.1 Å². The van der Waals surface area contributed by atoms with E-state index in [1.54, 1.807) is 0 Å². The number of nitrogens with one attached hydrogen (secondary N) is 1. The minimum atomic E-state index is -4.37. The molecule has 100 valence electrons. The molecule has 0 aliphatic rings. The standard InChI is InChI=1S/C13H16F3NO/c1-8(2)9(3)17-12(18)10-4-6-11(7-5-10)13(14,15)16/h4-9H,1-3H3,(H,17,18). The Hall–Kier alpha value is -1.52. The summed E-state index contributed by atoms with van der Waals surface area (Å²) in [6.07, 6.45) is -4.37. The van der Waals surface area contributed by atoms with Crippen LogP contribution in [0.2, 0.25) is 0 Å². The number of hydrogen-bond donors (Lipinski definition) is 1. The lowest BCUT2D eigenvalue weighted by atomic mass is 10.1. The molecule has 1 unspecified atom stereocenters. The fourth-order valence-corrected chi connectivity index (χ4v) is 1.27. The molecule has 0 spiro atoms. The van der Waals surface area contributed by atoms with Gasteiger partial charge in [-0.1, -0.05) is 13.8 Å². The van der Waals surface area contributed by atoms with Crippen LogP contribution < -0.4 is 5.32 Å². The van der Waals surface area contributed by atoms with E-state index in [0.29, 0.717) is 0 Å². The van der Waals surface area contributed by atoms with Crippen LogP contribution in [0.15, 0.2) is 24.3 Å². The number of halogens is 3. The first-order valence-corrected chi connectivity index (χ1v) is 5.70. The summed E-state index contributed by atoms with van der Waals surface area (Å²) in [5, 5.41) is 2.73. The van der Waals surface area contributed by atoms with E-state index in [1.165, 1.54) is 12.1 Å². The molecular weight excluding hydrogens is 243 g/mol. The van der Waals surface area contributed by atoms with Crippen LogP contribution >= 0.6 is 0 Å². The molecule has 0 aliphatic carbocycles. The molecule has 0 bridgehead atoms. The van der Waals surface area contributed by atoms with Crippen LogP contribution in [-0.2, 0) is 6.18 Å². The first-order valence-electron chi connectivity index (χ1n) is 5.70. The summed E-state index contributed by atoms with van der Waals surface area (Å²) in [5.74, 6) is -0.0895. The van der Waals surface area contributed by atoms with Crippen LogP contribution in [0.25, 0.3) is 0 Å². The van der Waals surface area contributed by atoms with Crippen molar-refractivity contribution in [1.29, 1.82) is 0 Å². The summed E-state index contributed by atoms with van der Waals surface area (Å²) in [6.45, 7) is 5.77. The molecule has 1 rings (SSSR count). The van der Waals surface area contributed by atoms with E-state index >= 15 is 0 Å². The number of carbonyl (C=O) groups is 1. The normalized spacial score (nSPS) is 13.5. The van der Waals surface area contributed by atoms with Gasteiger partial charge < -0.3 is 5.32 Å². The van der Waals surface area contributed by atoms with Gasteiger partial charge in [0.1, 0.15) is 0 Å². The zero-order chi connectivity index (χ0) is 13.9. The Balaban J connectivity index is 2.77. The van der Waals surface area contributed by atoms with Crippen LogP contribution in [0.3, 0.4) is 0 Å². The minimum Gasteiger partial charge on any atom is -0.349 e. The van der Waals surface area contributed by atoms with Crippen molar-refractivity contribution in [2.75, 3.05) is 0 Å². The predicted molar refractivity (Wildman–Crippen MR) is 63.2 cm³/mol. The second kappa shape index (κ2) is 5.42. The van der Waals surface area contributed by atoms with Gasteiger partial charge in [-0.2, -0.15) is 13.2 Å². The first kappa shape index (κ1) is 14.5. The van der Waals surface area contributed by atoms with Crippen molar-refractivity contribution in [2.24, 2.45) is 5.92 Å². The maximum atomic E-state index is 12.3. The van der Waals surface area contributed by atoms with Crippen LogP contribution in [0, 0.1) is 5.92 Å². The summed E-state index contributed by atoms with van der Waals surface area (Å²) >= 11 is 0. The minimum absolute atomic E-state index is 0.0280. The molecule has 18 heavy (non-hydrogen) atoms. The third-order valence-electron chi connectivity index (χ3n) is 2.83. The zero-order valence-corrected chi connectivity index (χ0v) is 10.5. The van der Waals surface area contributed by atoms with Gasteiger partial charge in [0.25, 0.3) is 5.91 Å². The van der Waals surface area contributed by atoms with Gasteiger partial charge >= 0.3 is 6.18 Å². The first-order chi connectivity index (χ1) is 8.21. The third kappa shape index (κ3) is 3.75. The molecule has 5 heteroatoms. The number of hydrogen-bond acceptors (Lipinski definition) is 1. The van der Waals surface area contributed by atoms with Crippen molar-refractivity contribution in [3.8, 4) is 0 Å². The number of rotatable bonds is 3. The highest BCUT2D eigenvalue weighted by Crippen LogP contribution is 2.29. The lowest BCUT2D eigenvalue weighted by Crippen LogP contribution is -2.36. The quantitative estimate of drug-likeness (QED) is 0.884. The van der Waals surface area contributed by atoms with Crippen molar-refractivity contribution < 1.29 is 18.0 Å². The van der Waals surface area contributed by atoms with Gasteiger partial charge in [0.05, 0.1) is 5.56 Å². The average Bonchev–Trinajstić information content (AvgIpc) is 2.27. The number of alkyl halides is 3. The van der Waals surface area contributed by atoms with E-state index in [2.05, 4.69) is 5.32 Å². The molecule has 0 saturated carbocycles. The molecule has 1 atom stereocenters. The predicted octanol–water partition coefficient (Wildman–Crippen LogP) is 3.48. The van der Waals surface area contributed by atoms with Crippen LogP contribution in [0.5, 0.6) is 0 Å². The molecule has 0 saturated heterocycles. The maximum absolute atomic E-state index is 12.3.